The third-order valence-electron chi connectivity index (χ3n) is 2.67. The number of amides is 1. The van der Waals surface area contributed by atoms with E-state index < -0.39 is 0 Å². The fraction of sp³-hybridized carbons (Fsp3) is 0.0714. The molecule has 98 valence electrons. The Morgan fingerprint density at radius 3 is 2.42 bits per heavy atom. The van der Waals surface area contributed by atoms with E-state index in [1.165, 1.54) is 0 Å². The maximum atomic E-state index is 12.1. The van der Waals surface area contributed by atoms with Crippen molar-refractivity contribution in [2.45, 2.75) is 6.92 Å². The van der Waals surface area contributed by atoms with Crippen molar-refractivity contribution in [2.24, 2.45) is 0 Å². The fourth-order valence-electron chi connectivity index (χ4n) is 1.61. The Morgan fingerprint density at radius 1 is 1.11 bits per heavy atom. The average Bonchev–Trinajstić information content (AvgIpc) is 2.37. The number of anilines is 2. The molecule has 0 saturated heterocycles. The van der Waals surface area contributed by atoms with Gasteiger partial charge in [-0.2, -0.15) is 0 Å². The zero-order chi connectivity index (χ0) is 14.0. The number of nitrogen functional groups attached to an aromatic ring is 1. The van der Waals surface area contributed by atoms with Crippen LogP contribution in [0.3, 0.4) is 0 Å². The zero-order valence-corrected chi connectivity index (χ0v) is 13.4. The number of aryl methyl sites for hydroxylation is 1. The highest BCUT2D eigenvalue weighted by Gasteiger charge is 2.08. The molecule has 0 radical (unpaired) electrons. The zero-order valence-electron chi connectivity index (χ0n) is 10.2. The Hall–Kier alpha value is -1.33. The fourth-order valence-corrected chi connectivity index (χ4v) is 2.10. The molecule has 0 aliphatic rings. The molecule has 0 saturated carbocycles. The Morgan fingerprint density at radius 2 is 1.79 bits per heavy atom. The molecule has 0 spiro atoms. The van der Waals surface area contributed by atoms with Gasteiger partial charge in [0.1, 0.15) is 0 Å². The number of nitrogens with one attached hydrogen (secondary N) is 1. The summed E-state index contributed by atoms with van der Waals surface area (Å²) in [6.07, 6.45) is 0. The molecule has 3 N–H and O–H groups in total. The van der Waals surface area contributed by atoms with E-state index in [-0.39, 0.29) is 5.91 Å². The van der Waals surface area contributed by atoms with Crippen LogP contribution in [-0.4, -0.2) is 5.91 Å². The summed E-state index contributed by atoms with van der Waals surface area (Å²) < 4.78 is 1.79. The van der Waals surface area contributed by atoms with E-state index in [4.69, 9.17) is 5.73 Å². The highest BCUT2D eigenvalue weighted by Crippen LogP contribution is 2.22. The maximum Gasteiger partial charge on any atom is 0.255 e. The molecule has 19 heavy (non-hydrogen) atoms. The summed E-state index contributed by atoms with van der Waals surface area (Å²) in [5, 5.41) is 2.84. The van der Waals surface area contributed by atoms with Crippen molar-refractivity contribution in [3.63, 3.8) is 0 Å². The lowest BCUT2D eigenvalue weighted by molar-refractivity contribution is 0.102. The first-order valence-corrected chi connectivity index (χ1v) is 7.18. The molecule has 2 aromatic rings. The number of carbonyl (C=O) groups excluding carboxylic acids is 1. The summed E-state index contributed by atoms with van der Waals surface area (Å²) in [6.45, 7) is 1.97. The SMILES string of the molecule is Cc1cc(NC(=O)c2ccc(Br)c(N)c2)ccc1Br. The second-order valence-electron chi connectivity index (χ2n) is 4.15. The third kappa shape index (κ3) is 3.36. The summed E-state index contributed by atoms with van der Waals surface area (Å²) >= 11 is 6.72. The Bertz CT molecular complexity index is 641. The molecule has 0 bridgehead atoms. The van der Waals surface area contributed by atoms with Crippen molar-refractivity contribution in [3.8, 4) is 0 Å². The largest absolute Gasteiger partial charge is 0.398 e. The molecule has 0 aromatic heterocycles. The Kier molecular flexibility index (Phi) is 4.27. The van der Waals surface area contributed by atoms with Crippen LogP contribution in [0.5, 0.6) is 0 Å². The topological polar surface area (TPSA) is 55.1 Å². The van der Waals surface area contributed by atoms with Crippen LogP contribution in [-0.2, 0) is 0 Å². The molecule has 5 heteroatoms. The highest BCUT2D eigenvalue weighted by atomic mass is 79.9. The van der Waals surface area contributed by atoms with E-state index in [0.717, 1.165) is 20.2 Å². The highest BCUT2D eigenvalue weighted by molar-refractivity contribution is 9.10. The van der Waals surface area contributed by atoms with Crippen LogP contribution in [0.25, 0.3) is 0 Å². The van der Waals surface area contributed by atoms with Crippen molar-refractivity contribution in [3.05, 3.63) is 56.5 Å². The number of carbonyl (C=O) groups is 1. The van der Waals surface area contributed by atoms with Gasteiger partial charge in [-0.05, 0) is 64.8 Å². The lowest BCUT2D eigenvalue weighted by Crippen LogP contribution is -2.12. The second kappa shape index (κ2) is 5.75. The molecule has 0 aliphatic carbocycles. The van der Waals surface area contributed by atoms with Gasteiger partial charge in [0.15, 0.2) is 0 Å². The van der Waals surface area contributed by atoms with Crippen molar-refractivity contribution in [2.75, 3.05) is 11.1 Å². The molecular weight excluding hydrogens is 372 g/mol. The van der Waals surface area contributed by atoms with Crippen molar-refractivity contribution < 1.29 is 4.79 Å². The summed E-state index contributed by atoms with van der Waals surface area (Å²) in [6, 6.07) is 10.8. The van der Waals surface area contributed by atoms with Crippen molar-refractivity contribution in [1.82, 2.24) is 0 Å². The molecule has 0 unspecified atom stereocenters. The van der Waals surface area contributed by atoms with E-state index in [2.05, 4.69) is 37.2 Å². The predicted molar refractivity (Wildman–Crippen MR) is 85.4 cm³/mol. The third-order valence-corrected chi connectivity index (χ3v) is 4.29. The monoisotopic (exact) mass is 382 g/mol. The van der Waals surface area contributed by atoms with Crippen LogP contribution in [0.4, 0.5) is 11.4 Å². The van der Waals surface area contributed by atoms with E-state index in [9.17, 15) is 4.79 Å². The summed E-state index contributed by atoms with van der Waals surface area (Å²) in [5.74, 6) is -0.180. The van der Waals surface area contributed by atoms with Gasteiger partial charge in [0, 0.05) is 25.9 Å². The molecule has 2 rings (SSSR count). The maximum absolute atomic E-state index is 12.1. The molecule has 3 nitrogen and oxygen atoms in total. The predicted octanol–water partition coefficient (Wildman–Crippen LogP) is 4.35. The molecule has 2 aromatic carbocycles. The first-order chi connectivity index (χ1) is 8.97. The average molecular weight is 384 g/mol. The van der Waals surface area contributed by atoms with Gasteiger partial charge in [-0.15, -0.1) is 0 Å². The first kappa shape index (κ1) is 14.1. The van der Waals surface area contributed by atoms with Crippen LogP contribution < -0.4 is 11.1 Å². The standard InChI is InChI=1S/C14H12Br2N2O/c1-8-6-10(3-5-11(8)15)18-14(19)9-2-4-12(16)13(17)7-9/h2-7H,17H2,1H3,(H,18,19). The molecule has 1 amide bonds. The lowest BCUT2D eigenvalue weighted by Gasteiger charge is -2.08. The minimum Gasteiger partial charge on any atom is -0.398 e. The number of nitrogens with two attached hydrogens (primary N) is 1. The molecule has 0 fully saturated rings. The molecular formula is C14H12Br2N2O. The van der Waals surface area contributed by atoms with Crippen LogP contribution in [0.15, 0.2) is 45.3 Å². The quantitative estimate of drug-likeness (QED) is 0.757. The van der Waals surface area contributed by atoms with Crippen LogP contribution in [0.2, 0.25) is 0 Å². The molecule has 0 aliphatic heterocycles. The van der Waals surface area contributed by atoms with Gasteiger partial charge in [-0.3, -0.25) is 4.79 Å². The minimum absolute atomic E-state index is 0.180. The molecule has 0 atom stereocenters. The number of hydrogen-bond donors (Lipinski definition) is 2. The van der Waals surface area contributed by atoms with Crippen molar-refractivity contribution >= 4 is 49.1 Å². The van der Waals surface area contributed by atoms with Gasteiger partial charge in [0.05, 0.1) is 0 Å². The van der Waals surface area contributed by atoms with E-state index in [1.54, 1.807) is 18.2 Å². The minimum atomic E-state index is -0.180. The van der Waals surface area contributed by atoms with Gasteiger partial charge in [-0.25, -0.2) is 0 Å². The van der Waals surface area contributed by atoms with Gasteiger partial charge in [0.25, 0.3) is 5.91 Å². The van der Waals surface area contributed by atoms with E-state index >= 15 is 0 Å². The lowest BCUT2D eigenvalue weighted by atomic mass is 10.1. The second-order valence-corrected chi connectivity index (χ2v) is 5.86. The number of halogens is 2. The number of hydrogen-bond acceptors (Lipinski definition) is 2. The van der Waals surface area contributed by atoms with Gasteiger partial charge in [0.2, 0.25) is 0 Å². The van der Waals surface area contributed by atoms with E-state index in [0.29, 0.717) is 11.3 Å². The van der Waals surface area contributed by atoms with Gasteiger partial charge >= 0.3 is 0 Å². The van der Waals surface area contributed by atoms with Crippen LogP contribution in [0.1, 0.15) is 15.9 Å². The Labute approximate surface area is 128 Å². The van der Waals surface area contributed by atoms with Gasteiger partial charge in [-0.1, -0.05) is 15.9 Å². The van der Waals surface area contributed by atoms with Crippen LogP contribution in [0, 0.1) is 6.92 Å². The summed E-state index contributed by atoms with van der Waals surface area (Å²) in [4.78, 5) is 12.1. The Balaban J connectivity index is 2.20. The smallest absolute Gasteiger partial charge is 0.255 e. The summed E-state index contributed by atoms with van der Waals surface area (Å²) in [5.41, 5.74) is 8.65. The van der Waals surface area contributed by atoms with E-state index in [1.807, 2.05) is 25.1 Å². The van der Waals surface area contributed by atoms with Crippen molar-refractivity contribution in [1.29, 1.82) is 0 Å². The first-order valence-electron chi connectivity index (χ1n) is 5.60. The number of rotatable bonds is 2. The summed E-state index contributed by atoms with van der Waals surface area (Å²) in [7, 11) is 0. The van der Waals surface area contributed by atoms with Gasteiger partial charge < -0.3 is 11.1 Å². The number of benzene rings is 2. The molecule has 0 heterocycles. The normalized spacial score (nSPS) is 10.3. The van der Waals surface area contributed by atoms with Crippen LogP contribution >= 0.6 is 31.9 Å².